The minimum Gasteiger partial charge on any atom is -0.337 e. The average Bonchev–Trinajstić information content (AvgIpc) is 2.17. The molecule has 1 atom stereocenters. The second kappa shape index (κ2) is 6.11. The molecule has 1 N–H and O–H groups in total. The maximum Gasteiger partial charge on any atom is 0.222 e. The lowest BCUT2D eigenvalue weighted by Gasteiger charge is -2.34. The van der Waals surface area contributed by atoms with E-state index in [1.54, 1.807) is 0 Å². The van der Waals surface area contributed by atoms with Crippen molar-refractivity contribution in [2.75, 3.05) is 19.6 Å². The molecule has 1 aliphatic rings. The van der Waals surface area contributed by atoms with Crippen molar-refractivity contribution in [3.63, 3.8) is 0 Å². The van der Waals surface area contributed by atoms with Gasteiger partial charge in [-0.25, -0.2) is 0 Å². The summed E-state index contributed by atoms with van der Waals surface area (Å²) in [6.45, 7) is 9.29. The van der Waals surface area contributed by atoms with E-state index in [2.05, 4.69) is 26.1 Å². The molecule has 0 aromatic heterocycles. The third kappa shape index (κ3) is 4.20. The number of piperazine rings is 1. The molecule has 1 amide bonds. The summed E-state index contributed by atoms with van der Waals surface area (Å²) in [4.78, 5) is 13.9. The summed E-state index contributed by atoms with van der Waals surface area (Å²) in [5.41, 5.74) is 0. The van der Waals surface area contributed by atoms with E-state index in [0.29, 0.717) is 17.9 Å². The molecular formula is C12H24N2O. The topological polar surface area (TPSA) is 32.3 Å². The fourth-order valence-electron chi connectivity index (χ4n) is 2.02. The highest BCUT2D eigenvalue weighted by Gasteiger charge is 2.22. The molecule has 0 aromatic carbocycles. The van der Waals surface area contributed by atoms with Gasteiger partial charge in [0.2, 0.25) is 5.91 Å². The molecule has 3 nitrogen and oxygen atoms in total. The Hall–Kier alpha value is -0.570. The third-order valence-electron chi connectivity index (χ3n) is 2.99. The molecule has 1 fully saturated rings. The second-order valence-electron chi connectivity index (χ2n) is 4.93. The van der Waals surface area contributed by atoms with Gasteiger partial charge in [-0.3, -0.25) is 4.79 Å². The molecule has 0 aromatic rings. The van der Waals surface area contributed by atoms with Crippen LogP contribution in [0.15, 0.2) is 0 Å². The van der Waals surface area contributed by atoms with Crippen molar-refractivity contribution in [1.82, 2.24) is 10.2 Å². The Balaban J connectivity index is 2.26. The lowest BCUT2D eigenvalue weighted by molar-refractivity contribution is -0.134. The Morgan fingerprint density at radius 2 is 2.27 bits per heavy atom. The summed E-state index contributed by atoms with van der Waals surface area (Å²) in [5, 5.41) is 3.30. The van der Waals surface area contributed by atoms with Crippen LogP contribution in [0, 0.1) is 5.92 Å². The van der Waals surface area contributed by atoms with Crippen LogP contribution in [-0.4, -0.2) is 36.5 Å². The Morgan fingerprint density at radius 1 is 1.53 bits per heavy atom. The molecular weight excluding hydrogens is 188 g/mol. The summed E-state index contributed by atoms with van der Waals surface area (Å²) < 4.78 is 0. The maximum absolute atomic E-state index is 11.9. The van der Waals surface area contributed by atoms with E-state index in [4.69, 9.17) is 0 Å². The molecule has 1 rings (SSSR count). The molecule has 1 aliphatic heterocycles. The first kappa shape index (κ1) is 12.5. The highest BCUT2D eigenvalue weighted by Crippen LogP contribution is 2.10. The van der Waals surface area contributed by atoms with E-state index >= 15 is 0 Å². The van der Waals surface area contributed by atoms with Crippen LogP contribution in [0.3, 0.4) is 0 Å². The predicted molar refractivity (Wildman–Crippen MR) is 62.7 cm³/mol. The molecule has 1 saturated heterocycles. The second-order valence-corrected chi connectivity index (χ2v) is 4.93. The number of amides is 1. The standard InChI is InChI=1S/C12H24N2O/c1-10(2)5-4-6-12(15)14-8-7-13-9-11(14)3/h10-11,13H,4-9H2,1-3H3. The van der Waals surface area contributed by atoms with Crippen LogP contribution in [0.5, 0.6) is 0 Å². The summed E-state index contributed by atoms with van der Waals surface area (Å²) >= 11 is 0. The zero-order valence-corrected chi connectivity index (χ0v) is 10.3. The van der Waals surface area contributed by atoms with Gasteiger partial charge < -0.3 is 10.2 Å². The van der Waals surface area contributed by atoms with E-state index in [-0.39, 0.29) is 0 Å². The zero-order valence-electron chi connectivity index (χ0n) is 10.3. The van der Waals surface area contributed by atoms with Crippen molar-refractivity contribution < 1.29 is 4.79 Å². The van der Waals surface area contributed by atoms with Gasteiger partial charge in [0.25, 0.3) is 0 Å². The number of carbonyl (C=O) groups excluding carboxylic acids is 1. The SMILES string of the molecule is CC(C)CCCC(=O)N1CCNCC1C. The van der Waals surface area contributed by atoms with E-state index in [1.165, 1.54) is 0 Å². The molecule has 1 heterocycles. The third-order valence-corrected chi connectivity index (χ3v) is 2.99. The fourth-order valence-corrected chi connectivity index (χ4v) is 2.02. The zero-order chi connectivity index (χ0) is 11.3. The van der Waals surface area contributed by atoms with Crippen molar-refractivity contribution in [2.45, 2.75) is 46.1 Å². The molecule has 0 spiro atoms. The summed E-state index contributed by atoms with van der Waals surface area (Å²) in [5.74, 6) is 1.04. The molecule has 0 bridgehead atoms. The lowest BCUT2D eigenvalue weighted by atomic mass is 10.1. The van der Waals surface area contributed by atoms with E-state index in [0.717, 1.165) is 38.9 Å². The van der Waals surface area contributed by atoms with Crippen molar-refractivity contribution >= 4 is 5.91 Å². The van der Waals surface area contributed by atoms with Gasteiger partial charge in [0, 0.05) is 32.1 Å². The smallest absolute Gasteiger partial charge is 0.222 e. The van der Waals surface area contributed by atoms with Gasteiger partial charge in [0.05, 0.1) is 0 Å². The first-order valence-electron chi connectivity index (χ1n) is 6.11. The first-order chi connectivity index (χ1) is 7.11. The van der Waals surface area contributed by atoms with Crippen molar-refractivity contribution in [2.24, 2.45) is 5.92 Å². The normalized spacial score (nSPS) is 22.1. The molecule has 1 unspecified atom stereocenters. The highest BCUT2D eigenvalue weighted by atomic mass is 16.2. The Morgan fingerprint density at radius 3 is 2.87 bits per heavy atom. The molecule has 0 radical (unpaired) electrons. The summed E-state index contributed by atoms with van der Waals surface area (Å²) in [6, 6.07) is 0.366. The molecule has 0 aliphatic carbocycles. The highest BCUT2D eigenvalue weighted by molar-refractivity contribution is 5.76. The van der Waals surface area contributed by atoms with Gasteiger partial charge in [-0.15, -0.1) is 0 Å². The minimum atomic E-state index is 0.338. The van der Waals surface area contributed by atoms with Crippen LogP contribution in [-0.2, 0) is 4.79 Å². The van der Waals surface area contributed by atoms with Gasteiger partial charge >= 0.3 is 0 Å². The van der Waals surface area contributed by atoms with Crippen LogP contribution in [0.2, 0.25) is 0 Å². The van der Waals surface area contributed by atoms with Gasteiger partial charge in [-0.05, 0) is 19.3 Å². The first-order valence-corrected chi connectivity index (χ1v) is 6.11. The van der Waals surface area contributed by atoms with E-state index in [9.17, 15) is 4.79 Å². The van der Waals surface area contributed by atoms with Crippen molar-refractivity contribution in [1.29, 1.82) is 0 Å². The lowest BCUT2D eigenvalue weighted by Crippen LogP contribution is -2.52. The quantitative estimate of drug-likeness (QED) is 0.768. The van der Waals surface area contributed by atoms with Crippen molar-refractivity contribution in [3.8, 4) is 0 Å². The number of hydrogen-bond donors (Lipinski definition) is 1. The number of nitrogens with zero attached hydrogens (tertiary/aromatic N) is 1. The Kier molecular flexibility index (Phi) is 5.09. The van der Waals surface area contributed by atoms with Crippen LogP contribution in [0.4, 0.5) is 0 Å². The molecule has 88 valence electrons. The van der Waals surface area contributed by atoms with Crippen LogP contribution in [0.25, 0.3) is 0 Å². The van der Waals surface area contributed by atoms with E-state index in [1.807, 2.05) is 4.90 Å². The van der Waals surface area contributed by atoms with Crippen LogP contribution in [0.1, 0.15) is 40.0 Å². The van der Waals surface area contributed by atoms with Crippen LogP contribution < -0.4 is 5.32 Å². The largest absolute Gasteiger partial charge is 0.337 e. The summed E-state index contributed by atoms with van der Waals surface area (Å²) in [6.07, 6.45) is 2.92. The number of carbonyl (C=O) groups is 1. The number of hydrogen-bond acceptors (Lipinski definition) is 2. The monoisotopic (exact) mass is 212 g/mol. The van der Waals surface area contributed by atoms with Gasteiger partial charge in [-0.2, -0.15) is 0 Å². The number of nitrogens with one attached hydrogen (secondary N) is 1. The molecule has 3 heteroatoms. The van der Waals surface area contributed by atoms with Crippen LogP contribution >= 0.6 is 0 Å². The molecule has 0 saturated carbocycles. The summed E-state index contributed by atoms with van der Waals surface area (Å²) in [7, 11) is 0. The van der Waals surface area contributed by atoms with Gasteiger partial charge in [-0.1, -0.05) is 20.3 Å². The van der Waals surface area contributed by atoms with Gasteiger partial charge in [0.1, 0.15) is 0 Å². The van der Waals surface area contributed by atoms with Gasteiger partial charge in [0.15, 0.2) is 0 Å². The predicted octanol–water partition coefficient (Wildman–Crippen LogP) is 1.63. The fraction of sp³-hybridized carbons (Fsp3) is 0.917. The van der Waals surface area contributed by atoms with Crippen molar-refractivity contribution in [3.05, 3.63) is 0 Å². The van der Waals surface area contributed by atoms with E-state index < -0.39 is 0 Å². The Bertz CT molecular complexity index is 204. The minimum absolute atomic E-state index is 0.338. The molecule has 15 heavy (non-hydrogen) atoms. The maximum atomic E-state index is 11.9. The Labute approximate surface area is 93.2 Å². The average molecular weight is 212 g/mol. The number of rotatable bonds is 4.